The molecule has 4 rings (SSSR count). The van der Waals surface area contributed by atoms with Gasteiger partial charge in [0, 0.05) is 43.9 Å². The Labute approximate surface area is 216 Å². The first-order chi connectivity index (χ1) is 17.7. The largest absolute Gasteiger partial charge is 0.481 e. The molecule has 0 unspecified atom stereocenters. The van der Waals surface area contributed by atoms with Crippen LogP contribution in [0.3, 0.4) is 0 Å². The van der Waals surface area contributed by atoms with Crippen LogP contribution in [0.1, 0.15) is 16.1 Å². The van der Waals surface area contributed by atoms with E-state index in [1.54, 1.807) is 33.8 Å². The number of amides is 1. The van der Waals surface area contributed by atoms with Crippen LogP contribution >= 0.6 is 0 Å². The molecular formula is C27H31N5O4Si. The summed E-state index contributed by atoms with van der Waals surface area (Å²) in [5.74, 6) is -1.08. The molecule has 0 aliphatic carbocycles. The summed E-state index contributed by atoms with van der Waals surface area (Å²) in [7, 11) is -1.12. The van der Waals surface area contributed by atoms with E-state index in [1.807, 2.05) is 48.7 Å². The van der Waals surface area contributed by atoms with Crippen LogP contribution in [0.4, 0.5) is 5.95 Å². The Hall–Kier alpha value is -4.02. The van der Waals surface area contributed by atoms with Crippen LogP contribution in [0, 0.1) is 0 Å². The number of rotatable bonds is 11. The Morgan fingerprint density at radius 2 is 1.73 bits per heavy atom. The van der Waals surface area contributed by atoms with Crippen molar-refractivity contribution in [2.24, 2.45) is 0 Å². The smallest absolute Gasteiger partial charge is 0.309 e. The van der Waals surface area contributed by atoms with E-state index in [-0.39, 0.29) is 18.3 Å². The fraction of sp³-hybridized carbons (Fsp3) is 0.259. The average molecular weight is 518 g/mol. The predicted octanol–water partition coefficient (Wildman–Crippen LogP) is 4.93. The van der Waals surface area contributed by atoms with E-state index < -0.39 is 14.0 Å². The topological polar surface area (TPSA) is 111 Å². The van der Waals surface area contributed by atoms with Crippen LogP contribution in [0.25, 0.3) is 16.8 Å². The van der Waals surface area contributed by atoms with Crippen molar-refractivity contribution in [1.82, 2.24) is 19.3 Å². The van der Waals surface area contributed by atoms with Crippen molar-refractivity contribution in [2.75, 3.05) is 11.9 Å². The molecule has 9 nitrogen and oxygen atoms in total. The third-order valence-corrected chi connectivity index (χ3v) is 7.39. The third kappa shape index (κ3) is 7.25. The molecule has 0 spiro atoms. The molecule has 0 radical (unpaired) electrons. The van der Waals surface area contributed by atoms with Gasteiger partial charge in [0.25, 0.3) is 5.91 Å². The first kappa shape index (κ1) is 26.1. The van der Waals surface area contributed by atoms with Crippen molar-refractivity contribution in [1.29, 1.82) is 0 Å². The normalized spacial score (nSPS) is 11.4. The quantitative estimate of drug-likeness (QED) is 0.216. The fourth-order valence-electron chi connectivity index (χ4n) is 3.65. The molecule has 37 heavy (non-hydrogen) atoms. The second-order valence-corrected chi connectivity index (χ2v) is 15.6. The number of ether oxygens (including phenoxy) is 1. The highest BCUT2D eigenvalue weighted by Gasteiger charge is 2.16. The van der Waals surface area contributed by atoms with Gasteiger partial charge in [-0.1, -0.05) is 50.0 Å². The molecule has 2 N–H and O–H groups in total. The Bertz CT molecular complexity index is 1360. The highest BCUT2D eigenvalue weighted by Crippen LogP contribution is 2.21. The highest BCUT2D eigenvalue weighted by molar-refractivity contribution is 6.76. The number of carbonyl (C=O) groups excluding carboxylic acids is 1. The van der Waals surface area contributed by atoms with Crippen molar-refractivity contribution < 1.29 is 19.4 Å². The summed E-state index contributed by atoms with van der Waals surface area (Å²) < 4.78 is 9.19. The average Bonchev–Trinajstić information content (AvgIpc) is 3.49. The van der Waals surface area contributed by atoms with E-state index in [0.717, 1.165) is 29.5 Å². The zero-order valence-corrected chi connectivity index (χ0v) is 22.2. The van der Waals surface area contributed by atoms with Crippen LogP contribution in [0.5, 0.6) is 0 Å². The highest BCUT2D eigenvalue weighted by atomic mass is 28.3. The van der Waals surface area contributed by atoms with Gasteiger partial charge in [0.2, 0.25) is 5.95 Å². The van der Waals surface area contributed by atoms with Crippen molar-refractivity contribution in [3.8, 4) is 16.8 Å². The molecule has 2 heterocycles. The van der Waals surface area contributed by atoms with Gasteiger partial charge >= 0.3 is 5.97 Å². The van der Waals surface area contributed by atoms with Gasteiger partial charge in [-0.3, -0.25) is 19.5 Å². The standard InChI is InChI=1S/C27H31N5O4Si/c1-37(2,3)14-13-36-19-31-17-22(16-28-31)20-9-11-21(12-10-20)26(35)30-27-29-23(15-25(33)34)18-32(27)24-7-5-4-6-8-24/h4-12,16-18H,13-15,19H2,1-3H3,(H,33,34)(H,29,30,35). The van der Waals surface area contributed by atoms with Gasteiger partial charge in [0.05, 0.1) is 18.3 Å². The zero-order valence-electron chi connectivity index (χ0n) is 21.2. The Morgan fingerprint density at radius 3 is 2.41 bits per heavy atom. The van der Waals surface area contributed by atoms with E-state index in [2.05, 4.69) is 35.0 Å². The molecule has 2 aromatic heterocycles. The lowest BCUT2D eigenvalue weighted by Gasteiger charge is -2.15. The number of nitrogens with zero attached hydrogens (tertiary/aromatic N) is 4. The lowest BCUT2D eigenvalue weighted by Crippen LogP contribution is -2.22. The first-order valence-corrected chi connectivity index (χ1v) is 15.8. The summed E-state index contributed by atoms with van der Waals surface area (Å²) in [4.78, 5) is 28.5. The molecule has 0 aliphatic rings. The molecule has 2 aromatic carbocycles. The molecule has 1 amide bonds. The van der Waals surface area contributed by atoms with Gasteiger partial charge in [-0.25, -0.2) is 9.67 Å². The van der Waals surface area contributed by atoms with Gasteiger partial charge in [-0.15, -0.1) is 0 Å². The van der Waals surface area contributed by atoms with Crippen molar-refractivity contribution in [3.63, 3.8) is 0 Å². The summed E-state index contributed by atoms with van der Waals surface area (Å²) in [6.45, 7) is 8.10. The minimum absolute atomic E-state index is 0.242. The van der Waals surface area contributed by atoms with Gasteiger partial charge in [0.15, 0.2) is 0 Å². The molecule has 0 bridgehead atoms. The second kappa shape index (κ2) is 11.4. The number of hydrogen-bond acceptors (Lipinski definition) is 5. The summed E-state index contributed by atoms with van der Waals surface area (Å²) in [6.07, 6.45) is 5.07. The summed E-state index contributed by atoms with van der Waals surface area (Å²) in [5, 5.41) is 16.3. The fourth-order valence-corrected chi connectivity index (χ4v) is 4.41. The maximum atomic E-state index is 13.0. The molecule has 0 aliphatic heterocycles. The van der Waals surface area contributed by atoms with Crippen molar-refractivity contribution in [3.05, 3.63) is 84.4 Å². The van der Waals surface area contributed by atoms with Crippen LogP contribution in [0.15, 0.2) is 73.2 Å². The molecule has 0 fully saturated rings. The van der Waals surface area contributed by atoms with Crippen LogP contribution in [-0.2, 0) is 22.7 Å². The Morgan fingerprint density at radius 1 is 1.00 bits per heavy atom. The predicted molar refractivity (Wildman–Crippen MR) is 145 cm³/mol. The molecule has 0 atom stereocenters. The van der Waals surface area contributed by atoms with E-state index in [9.17, 15) is 9.59 Å². The maximum absolute atomic E-state index is 13.0. The van der Waals surface area contributed by atoms with Gasteiger partial charge in [-0.2, -0.15) is 5.10 Å². The Kier molecular flexibility index (Phi) is 8.00. The number of benzene rings is 2. The van der Waals surface area contributed by atoms with Gasteiger partial charge < -0.3 is 9.84 Å². The number of nitrogens with one attached hydrogen (secondary N) is 1. The summed E-state index contributed by atoms with van der Waals surface area (Å²) in [5.41, 5.74) is 3.42. The van der Waals surface area contributed by atoms with Crippen LogP contribution < -0.4 is 5.32 Å². The van der Waals surface area contributed by atoms with E-state index >= 15 is 0 Å². The van der Waals surface area contributed by atoms with E-state index in [0.29, 0.717) is 18.0 Å². The van der Waals surface area contributed by atoms with Crippen LogP contribution in [0.2, 0.25) is 25.7 Å². The number of carboxylic acids is 1. The number of carbonyl (C=O) groups is 2. The SMILES string of the molecule is C[Si](C)(C)CCOCn1cc(-c2ccc(C(=O)Nc3nc(CC(=O)O)cn3-c3ccccc3)cc2)cn1. The second-order valence-electron chi connectivity index (χ2n) is 9.98. The third-order valence-electron chi connectivity index (χ3n) is 5.68. The zero-order chi connectivity index (χ0) is 26.4. The number of anilines is 1. The lowest BCUT2D eigenvalue weighted by molar-refractivity contribution is -0.136. The number of imidazole rings is 1. The summed E-state index contributed by atoms with van der Waals surface area (Å²) in [6, 6.07) is 17.6. The number of para-hydroxylation sites is 1. The maximum Gasteiger partial charge on any atom is 0.309 e. The van der Waals surface area contributed by atoms with E-state index in [1.165, 1.54) is 0 Å². The minimum Gasteiger partial charge on any atom is -0.481 e. The molecule has 192 valence electrons. The monoisotopic (exact) mass is 517 g/mol. The number of hydrogen-bond donors (Lipinski definition) is 2. The van der Waals surface area contributed by atoms with Crippen molar-refractivity contribution >= 4 is 25.9 Å². The van der Waals surface area contributed by atoms with Gasteiger partial charge in [0.1, 0.15) is 6.73 Å². The number of aromatic nitrogens is 4. The van der Waals surface area contributed by atoms with E-state index in [4.69, 9.17) is 9.84 Å². The van der Waals surface area contributed by atoms with Gasteiger partial charge in [-0.05, 0) is 35.9 Å². The molecule has 4 aromatic rings. The molecule has 10 heteroatoms. The summed E-state index contributed by atoms with van der Waals surface area (Å²) >= 11 is 0. The number of aliphatic carboxylic acids is 1. The van der Waals surface area contributed by atoms with Crippen LogP contribution in [-0.4, -0.2) is 51.0 Å². The molecular weight excluding hydrogens is 486 g/mol. The minimum atomic E-state index is -1.12. The first-order valence-electron chi connectivity index (χ1n) is 12.1. The Balaban J connectivity index is 1.43. The number of carboxylic acid groups (broad SMARTS) is 1. The molecule has 0 saturated heterocycles. The molecule has 0 saturated carbocycles. The lowest BCUT2D eigenvalue weighted by atomic mass is 10.1. The van der Waals surface area contributed by atoms with Crippen molar-refractivity contribution in [2.45, 2.75) is 38.8 Å².